The fraction of sp³-hybridized carbons (Fsp3) is 0.700. The van der Waals surface area contributed by atoms with Crippen LogP contribution >= 0.6 is 0 Å². The van der Waals surface area contributed by atoms with Crippen LogP contribution in [0.25, 0.3) is 0 Å². The molecular formula is C50H64FNO14. The number of ether oxygens (including phenoxy) is 3. The predicted molar refractivity (Wildman–Crippen MR) is 231 cm³/mol. The summed E-state index contributed by atoms with van der Waals surface area (Å²) in [4.78, 5) is 89.9. The zero-order chi connectivity index (χ0) is 48.2. The van der Waals surface area contributed by atoms with Gasteiger partial charge in [-0.2, -0.15) is 0 Å². The first-order valence-electron chi connectivity index (χ1n) is 23.5. The van der Waals surface area contributed by atoms with Crippen molar-refractivity contribution in [1.82, 2.24) is 0 Å². The second-order valence-electron chi connectivity index (χ2n) is 21.7. The van der Waals surface area contributed by atoms with Gasteiger partial charge in [0.15, 0.2) is 30.4 Å². The molecule has 360 valence electrons. The summed E-state index contributed by atoms with van der Waals surface area (Å²) in [7, 11) is 0. The molecule has 6 saturated carbocycles. The van der Waals surface area contributed by atoms with Crippen LogP contribution in [0.3, 0.4) is 0 Å². The first-order chi connectivity index (χ1) is 30.8. The molecule has 16 unspecified atom stereocenters. The highest BCUT2D eigenvalue weighted by molar-refractivity contribution is 6.02. The Bertz CT molecular complexity index is 2250. The number of rotatable bonds is 12. The van der Waals surface area contributed by atoms with Crippen molar-refractivity contribution in [2.45, 2.75) is 140 Å². The summed E-state index contributed by atoms with van der Waals surface area (Å²) in [6.45, 7) is 6.54. The average molecular weight is 922 g/mol. The monoisotopic (exact) mass is 921 g/mol. The Morgan fingerprint density at radius 2 is 1.41 bits per heavy atom. The minimum atomic E-state index is -2.16. The average Bonchev–Trinajstić information content (AvgIpc) is 3.65. The van der Waals surface area contributed by atoms with Gasteiger partial charge in [0, 0.05) is 33.5 Å². The van der Waals surface area contributed by atoms with Crippen LogP contribution < -0.4 is 5.73 Å². The fourth-order valence-electron chi connectivity index (χ4n) is 15.1. The number of alkyl halides is 1. The lowest BCUT2D eigenvalue weighted by molar-refractivity contribution is -0.220. The lowest BCUT2D eigenvalue weighted by atomic mass is 9.44. The third kappa shape index (κ3) is 6.92. The molecular weight excluding hydrogens is 858 g/mol. The van der Waals surface area contributed by atoms with Crippen LogP contribution in [0, 0.1) is 57.2 Å². The first kappa shape index (κ1) is 48.2. The van der Waals surface area contributed by atoms with Gasteiger partial charge < -0.3 is 40.4 Å². The lowest BCUT2D eigenvalue weighted by Crippen LogP contribution is -2.69. The highest BCUT2D eigenvalue weighted by Crippen LogP contribution is 2.71. The Morgan fingerprint density at radius 1 is 0.788 bits per heavy atom. The van der Waals surface area contributed by atoms with Crippen LogP contribution in [0.5, 0.6) is 0 Å². The van der Waals surface area contributed by atoms with Crippen LogP contribution in [0.15, 0.2) is 47.6 Å². The Labute approximate surface area is 383 Å². The number of hydrogen-bond acceptors (Lipinski definition) is 15. The van der Waals surface area contributed by atoms with Gasteiger partial charge in [0.1, 0.15) is 23.9 Å². The van der Waals surface area contributed by atoms with Crippen LogP contribution in [0.1, 0.15) is 105 Å². The quantitative estimate of drug-likeness (QED) is 0.139. The minimum absolute atomic E-state index is 0.0108. The number of aliphatic hydroxyl groups is 4. The minimum Gasteiger partial charge on any atom is -0.463 e. The third-order valence-electron chi connectivity index (χ3n) is 18.7. The van der Waals surface area contributed by atoms with E-state index in [-0.39, 0.29) is 55.0 Å². The molecule has 0 aromatic carbocycles. The van der Waals surface area contributed by atoms with Gasteiger partial charge in [-0.3, -0.25) is 33.6 Å². The summed E-state index contributed by atoms with van der Waals surface area (Å²) in [5.41, 5.74) is -2.67. The third-order valence-corrected chi connectivity index (χ3v) is 18.7. The van der Waals surface area contributed by atoms with Crippen LogP contribution in [0.2, 0.25) is 0 Å². The van der Waals surface area contributed by atoms with Crippen LogP contribution in [-0.4, -0.2) is 116 Å². The molecule has 0 saturated heterocycles. The Hall–Kier alpha value is -4.22. The summed E-state index contributed by atoms with van der Waals surface area (Å²) < 4.78 is 33.0. The Morgan fingerprint density at radius 3 is 2.11 bits per heavy atom. The van der Waals surface area contributed by atoms with Gasteiger partial charge in [-0.05, 0) is 113 Å². The molecule has 8 aliphatic carbocycles. The number of fused-ring (bicyclic) bond motifs is 10. The summed E-state index contributed by atoms with van der Waals surface area (Å²) in [6, 6.07) is -1.54. The summed E-state index contributed by atoms with van der Waals surface area (Å²) in [6.07, 6.45) is 8.84. The van der Waals surface area contributed by atoms with E-state index in [0.717, 1.165) is 5.57 Å². The number of halogens is 1. The molecule has 0 radical (unpaired) electrons. The number of aliphatic hydroxyl groups excluding tert-OH is 2. The summed E-state index contributed by atoms with van der Waals surface area (Å²) >= 11 is 0. The van der Waals surface area contributed by atoms with Crippen LogP contribution in [0.4, 0.5) is 4.39 Å². The second kappa shape index (κ2) is 16.5. The molecule has 6 fully saturated rings. The van der Waals surface area contributed by atoms with Crippen molar-refractivity contribution in [3.05, 3.63) is 47.6 Å². The van der Waals surface area contributed by atoms with Crippen molar-refractivity contribution in [2.24, 2.45) is 62.9 Å². The number of nitrogens with two attached hydrogens (primary N) is 1. The van der Waals surface area contributed by atoms with E-state index in [1.807, 2.05) is 19.9 Å². The van der Waals surface area contributed by atoms with Gasteiger partial charge in [0.2, 0.25) is 11.6 Å². The fourth-order valence-corrected chi connectivity index (χ4v) is 15.1. The molecule has 0 amide bonds. The number of esters is 3. The normalized spacial score (nSPS) is 44.5. The van der Waals surface area contributed by atoms with Gasteiger partial charge in [0.05, 0.1) is 25.0 Å². The van der Waals surface area contributed by atoms with E-state index in [4.69, 9.17) is 19.9 Å². The van der Waals surface area contributed by atoms with Gasteiger partial charge >= 0.3 is 17.9 Å². The molecule has 15 nitrogen and oxygen atoms in total. The molecule has 16 heteroatoms. The van der Waals surface area contributed by atoms with E-state index in [9.17, 15) is 54.0 Å². The number of ketones is 4. The number of carbonyl (C=O) groups excluding carboxylic acids is 7. The van der Waals surface area contributed by atoms with E-state index in [1.165, 1.54) is 18.2 Å². The van der Waals surface area contributed by atoms with Crippen molar-refractivity contribution < 1.29 is 72.6 Å². The SMILES string of the molecule is CC1CC2C3CCC4=CC(=O)C=CC4(C)C3(F)C(O)CC2(C)C1(O)C(=O)COC(=O)C(N)COC(=O)CCC(=O)OCC(=O)C1(O)CCC2C3CCC4=CC(=O)C=CC4(C)C3C(O)CC21C. The predicted octanol–water partition coefficient (Wildman–Crippen LogP) is 3.22. The van der Waals surface area contributed by atoms with Crippen molar-refractivity contribution >= 4 is 41.0 Å². The lowest BCUT2D eigenvalue weighted by Gasteiger charge is -2.62. The zero-order valence-corrected chi connectivity index (χ0v) is 38.4. The Balaban J connectivity index is 0.790. The highest BCUT2D eigenvalue weighted by atomic mass is 19.1. The molecule has 66 heavy (non-hydrogen) atoms. The topological polar surface area (TPSA) is 254 Å². The van der Waals surface area contributed by atoms with Crippen molar-refractivity contribution in [3.63, 3.8) is 0 Å². The molecule has 0 aromatic rings. The Kier molecular flexibility index (Phi) is 12.1. The zero-order valence-electron chi connectivity index (χ0n) is 38.4. The smallest absolute Gasteiger partial charge is 0.326 e. The van der Waals surface area contributed by atoms with E-state index in [2.05, 4.69) is 0 Å². The van der Waals surface area contributed by atoms with E-state index < -0.39 is 137 Å². The maximum absolute atomic E-state index is 17.5. The summed E-state index contributed by atoms with van der Waals surface area (Å²) in [5.74, 6) is -7.07. The number of allylic oxidation sites excluding steroid dienone is 8. The molecule has 0 spiro atoms. The molecule has 16 atom stereocenters. The van der Waals surface area contributed by atoms with Gasteiger partial charge in [-0.1, -0.05) is 51.0 Å². The van der Waals surface area contributed by atoms with Crippen molar-refractivity contribution in [3.8, 4) is 0 Å². The van der Waals surface area contributed by atoms with Crippen molar-refractivity contribution in [1.29, 1.82) is 0 Å². The molecule has 0 heterocycles. The highest BCUT2D eigenvalue weighted by Gasteiger charge is 2.76. The maximum Gasteiger partial charge on any atom is 0.326 e. The van der Waals surface area contributed by atoms with Gasteiger partial charge in [-0.15, -0.1) is 0 Å². The van der Waals surface area contributed by atoms with E-state index in [1.54, 1.807) is 32.9 Å². The number of carbonyl (C=O) groups is 7. The number of Topliss-reactive ketones (excluding diaryl/α,β-unsaturated/α-hetero) is 2. The van der Waals surface area contributed by atoms with Crippen molar-refractivity contribution in [2.75, 3.05) is 19.8 Å². The van der Waals surface area contributed by atoms with Gasteiger partial charge in [-0.25, -0.2) is 4.39 Å². The molecule has 0 aromatic heterocycles. The molecule has 8 rings (SSSR count). The first-order valence-corrected chi connectivity index (χ1v) is 23.5. The maximum atomic E-state index is 17.5. The van der Waals surface area contributed by atoms with Gasteiger partial charge in [0.25, 0.3) is 0 Å². The van der Waals surface area contributed by atoms with E-state index >= 15 is 4.39 Å². The molecule has 0 aliphatic heterocycles. The standard InChI is InChI=1S/C50H64FNO14/c1-26-18-34-33-9-7-28-20-30(54)13-16-45(28,3)49(33,51)37(56)22-47(34,5)50(26,63)39(58)25-66-43(61)35(52)23-64-40(59)10-11-41(60)65-24-38(57)48(62)17-14-32-31-8-6-27-19-29(53)12-15-44(27,2)42(31)36(55)21-46(32,48)4/h12-13,15-16,19-20,26,31-37,42,55-56,62-63H,6-11,14,17-18,21-25,52H2,1-5H3. The second-order valence-corrected chi connectivity index (χ2v) is 21.7. The molecule has 8 aliphatic rings. The van der Waals surface area contributed by atoms with E-state index in [0.29, 0.717) is 37.7 Å². The molecule has 6 N–H and O–H groups in total. The summed E-state index contributed by atoms with van der Waals surface area (Å²) in [5, 5.41) is 47.3. The molecule has 0 bridgehead atoms. The largest absolute Gasteiger partial charge is 0.463 e. The van der Waals surface area contributed by atoms with Crippen LogP contribution in [-0.2, 0) is 47.8 Å². The number of hydrogen-bond donors (Lipinski definition) is 5.